The van der Waals surface area contributed by atoms with Crippen LogP contribution in [-0.2, 0) is 6.54 Å². The maximum atomic E-state index is 14.0. The van der Waals surface area contributed by atoms with E-state index >= 15 is 0 Å². The van der Waals surface area contributed by atoms with E-state index in [9.17, 15) is 9.50 Å². The molecule has 0 radical (unpaired) electrons. The summed E-state index contributed by atoms with van der Waals surface area (Å²) in [6.07, 6.45) is 5.61. The summed E-state index contributed by atoms with van der Waals surface area (Å²) in [5, 5.41) is 27.4. The number of aliphatic imine (C=N–C) groups is 1. The van der Waals surface area contributed by atoms with Crippen molar-refractivity contribution >= 4 is 41.5 Å². The zero-order valence-corrected chi connectivity index (χ0v) is 19.0. The first-order valence-corrected chi connectivity index (χ1v) is 10.4. The van der Waals surface area contributed by atoms with Gasteiger partial charge in [0, 0.05) is 37.6 Å². The van der Waals surface area contributed by atoms with Crippen molar-refractivity contribution in [3.8, 4) is 11.4 Å². The third kappa shape index (κ3) is 5.50. The van der Waals surface area contributed by atoms with Gasteiger partial charge in [0.25, 0.3) is 0 Å². The van der Waals surface area contributed by atoms with Crippen LogP contribution in [0.3, 0.4) is 0 Å². The third-order valence-corrected chi connectivity index (χ3v) is 5.17. The number of aliphatic hydroxyl groups is 1. The van der Waals surface area contributed by atoms with E-state index in [0.717, 1.165) is 6.21 Å². The van der Waals surface area contributed by atoms with Crippen LogP contribution in [-0.4, -0.2) is 52.5 Å². The molecule has 0 aliphatic carbocycles. The van der Waals surface area contributed by atoms with Crippen molar-refractivity contribution < 1.29 is 13.8 Å². The minimum Gasteiger partial charge on any atom is -0.394 e. The highest BCUT2D eigenvalue weighted by Crippen LogP contribution is 2.30. The molecule has 34 heavy (non-hydrogen) atoms. The molecule has 0 fully saturated rings. The van der Waals surface area contributed by atoms with Crippen molar-refractivity contribution in [2.75, 3.05) is 24.3 Å². The number of nitrogens with zero attached hydrogens (tertiary/aromatic N) is 4. The van der Waals surface area contributed by atoms with Gasteiger partial charge in [-0.3, -0.25) is 4.99 Å². The lowest BCUT2D eigenvalue weighted by Crippen LogP contribution is -2.34. The van der Waals surface area contributed by atoms with E-state index in [4.69, 9.17) is 27.4 Å². The lowest BCUT2D eigenvalue weighted by molar-refractivity contribution is 0.296. The first kappa shape index (κ1) is 24.7. The Hall–Kier alpha value is -3.96. The second-order valence-corrected chi connectivity index (χ2v) is 7.15. The van der Waals surface area contributed by atoms with E-state index in [1.165, 1.54) is 18.5 Å². The van der Waals surface area contributed by atoms with E-state index in [1.54, 1.807) is 48.1 Å². The number of halogens is 2. The summed E-state index contributed by atoms with van der Waals surface area (Å²) in [5.41, 5.74) is 2.48. The molecular weight excluding hydrogens is 463 g/mol. The SMILES string of the molecule is CN=C(/C=N\N)C(CO)Nc1cc(-n2ccc(NCc3ccccc3F)c2C=N)c(OCl)cn1. The average molecular weight is 487 g/mol. The highest BCUT2D eigenvalue weighted by molar-refractivity contribution is 6.33. The Morgan fingerprint density at radius 1 is 1.41 bits per heavy atom. The summed E-state index contributed by atoms with van der Waals surface area (Å²) in [4.78, 5) is 8.32. The van der Waals surface area contributed by atoms with E-state index in [-0.39, 0.29) is 24.7 Å². The molecule has 1 atom stereocenters. The zero-order valence-electron chi connectivity index (χ0n) is 18.2. The Bertz CT molecular complexity index is 1200. The fraction of sp³-hybridized carbons (Fsp3) is 0.182. The molecular formula is C22H24ClFN8O2. The number of hydrogen-bond acceptors (Lipinski definition) is 9. The fourth-order valence-corrected chi connectivity index (χ4v) is 3.43. The number of aliphatic hydroxyl groups excluding tert-OH is 1. The monoisotopic (exact) mass is 486 g/mol. The molecule has 1 aromatic carbocycles. The van der Waals surface area contributed by atoms with Crippen molar-refractivity contribution in [2.45, 2.75) is 12.6 Å². The Morgan fingerprint density at radius 2 is 2.21 bits per heavy atom. The van der Waals surface area contributed by atoms with Crippen molar-refractivity contribution in [1.82, 2.24) is 9.55 Å². The standard InChI is InChI=1S/C22H24ClFN8O2/c1-27-17(11-30-26)18(13-33)31-22-8-19(21(34-23)12-29-22)32-7-6-16(20(32)9-25)28-10-14-4-2-3-5-15(14)24/h2-9,11-12,18,25,28,33H,10,13,26H2,1H3,(H,29,31)/b25-9?,27-17?,30-11-. The summed E-state index contributed by atoms with van der Waals surface area (Å²) in [7, 11) is 1.55. The topological polar surface area (TPSA) is 146 Å². The lowest BCUT2D eigenvalue weighted by Gasteiger charge is -2.18. The van der Waals surface area contributed by atoms with Gasteiger partial charge < -0.3 is 35.8 Å². The van der Waals surface area contributed by atoms with E-state index in [0.29, 0.717) is 34.2 Å². The second-order valence-electron chi connectivity index (χ2n) is 6.99. The zero-order chi connectivity index (χ0) is 24.5. The number of nitrogens with two attached hydrogens (primary N) is 1. The van der Waals surface area contributed by atoms with Crippen LogP contribution < -0.4 is 20.8 Å². The van der Waals surface area contributed by atoms with Crippen molar-refractivity contribution in [1.29, 1.82) is 5.41 Å². The molecule has 0 spiro atoms. The second kappa shape index (κ2) is 11.8. The highest BCUT2D eigenvalue weighted by Gasteiger charge is 2.18. The van der Waals surface area contributed by atoms with Crippen LogP contribution in [0.25, 0.3) is 5.69 Å². The quantitative estimate of drug-likeness (QED) is 0.160. The van der Waals surface area contributed by atoms with Gasteiger partial charge in [-0.05, 0) is 12.1 Å². The third-order valence-electron chi connectivity index (χ3n) is 5.01. The number of hydrazone groups is 1. The van der Waals surface area contributed by atoms with Gasteiger partial charge in [0.2, 0.25) is 0 Å². The van der Waals surface area contributed by atoms with E-state index < -0.39 is 6.04 Å². The van der Waals surface area contributed by atoms with Crippen LogP contribution in [0, 0.1) is 11.2 Å². The summed E-state index contributed by atoms with van der Waals surface area (Å²) >= 11 is 5.66. The summed E-state index contributed by atoms with van der Waals surface area (Å²) < 4.78 is 20.6. The van der Waals surface area contributed by atoms with Gasteiger partial charge in [-0.1, -0.05) is 18.2 Å². The van der Waals surface area contributed by atoms with Gasteiger partial charge in [0.05, 0.1) is 47.8 Å². The molecule has 178 valence electrons. The van der Waals surface area contributed by atoms with Gasteiger partial charge in [-0.2, -0.15) is 5.10 Å². The summed E-state index contributed by atoms with van der Waals surface area (Å²) in [5.74, 6) is 5.51. The van der Waals surface area contributed by atoms with Crippen LogP contribution in [0.1, 0.15) is 11.3 Å². The molecule has 3 aromatic rings. The number of aromatic nitrogens is 2. The number of benzene rings is 1. The van der Waals surface area contributed by atoms with Crippen LogP contribution >= 0.6 is 11.9 Å². The molecule has 2 aromatic heterocycles. The van der Waals surface area contributed by atoms with Gasteiger partial charge in [-0.15, -0.1) is 0 Å². The molecule has 1 unspecified atom stereocenters. The first-order valence-electron chi connectivity index (χ1n) is 10.1. The molecule has 0 bridgehead atoms. The minimum atomic E-state index is -0.620. The maximum Gasteiger partial charge on any atom is 0.188 e. The largest absolute Gasteiger partial charge is 0.394 e. The molecule has 0 aliphatic rings. The molecule has 3 rings (SSSR count). The molecule has 2 heterocycles. The predicted octanol–water partition coefficient (Wildman–Crippen LogP) is 2.94. The van der Waals surface area contributed by atoms with Crippen molar-refractivity contribution in [3.05, 3.63) is 65.9 Å². The molecule has 12 heteroatoms. The van der Waals surface area contributed by atoms with Crippen LogP contribution in [0.4, 0.5) is 15.9 Å². The van der Waals surface area contributed by atoms with Gasteiger partial charge in [0.1, 0.15) is 23.5 Å². The predicted molar refractivity (Wildman–Crippen MR) is 132 cm³/mol. The van der Waals surface area contributed by atoms with Crippen LogP contribution in [0.15, 0.2) is 58.9 Å². The smallest absolute Gasteiger partial charge is 0.188 e. The average Bonchev–Trinajstić information content (AvgIpc) is 3.28. The molecule has 0 saturated heterocycles. The van der Waals surface area contributed by atoms with E-state index in [2.05, 4.69) is 25.7 Å². The Labute approximate surface area is 200 Å². The van der Waals surface area contributed by atoms with Gasteiger partial charge in [0.15, 0.2) is 5.75 Å². The first-order chi connectivity index (χ1) is 16.6. The number of anilines is 2. The number of nitrogens with one attached hydrogen (secondary N) is 3. The highest BCUT2D eigenvalue weighted by atomic mass is 35.5. The van der Waals surface area contributed by atoms with Crippen molar-refractivity contribution in [3.63, 3.8) is 0 Å². The molecule has 10 nitrogen and oxygen atoms in total. The van der Waals surface area contributed by atoms with E-state index in [1.807, 2.05) is 0 Å². The summed E-state index contributed by atoms with van der Waals surface area (Å²) in [6.45, 7) is -0.0532. The normalized spacial score (nSPS) is 12.5. The van der Waals surface area contributed by atoms with Crippen LogP contribution in [0.5, 0.6) is 5.75 Å². The van der Waals surface area contributed by atoms with Crippen LogP contribution in [0.2, 0.25) is 0 Å². The number of rotatable bonds is 11. The summed E-state index contributed by atoms with van der Waals surface area (Å²) in [6, 6.07) is 9.23. The Morgan fingerprint density at radius 3 is 2.85 bits per heavy atom. The minimum absolute atomic E-state index is 0.236. The van der Waals surface area contributed by atoms with Gasteiger partial charge in [-0.25, -0.2) is 9.37 Å². The maximum absolute atomic E-state index is 14.0. The molecule has 0 saturated carbocycles. The molecule has 0 amide bonds. The molecule has 0 aliphatic heterocycles. The molecule has 6 N–H and O–H groups in total. The number of pyridine rings is 1. The van der Waals surface area contributed by atoms with Crippen molar-refractivity contribution in [2.24, 2.45) is 15.9 Å². The number of hydrogen-bond donors (Lipinski definition) is 5. The Balaban J connectivity index is 1.92. The lowest BCUT2D eigenvalue weighted by atomic mass is 10.2. The van der Waals surface area contributed by atoms with Gasteiger partial charge >= 0.3 is 0 Å². The fourth-order valence-electron chi connectivity index (χ4n) is 3.31. The Kier molecular flexibility index (Phi) is 8.54.